The van der Waals surface area contributed by atoms with Gasteiger partial charge >= 0.3 is 0 Å². The summed E-state index contributed by atoms with van der Waals surface area (Å²) in [7, 11) is 0. The molecule has 3 nitrogen and oxygen atoms in total. The molecule has 1 N–H and O–H groups in total. The summed E-state index contributed by atoms with van der Waals surface area (Å²) in [5.74, 6) is 0.727. The van der Waals surface area contributed by atoms with Crippen LogP contribution in [0.4, 0.5) is 0 Å². The summed E-state index contributed by atoms with van der Waals surface area (Å²) in [6.07, 6.45) is 8.25. The van der Waals surface area contributed by atoms with Gasteiger partial charge in [-0.3, -0.25) is 4.57 Å². The molecule has 1 aliphatic rings. The first-order valence-corrected chi connectivity index (χ1v) is 8.16. The molecule has 0 spiro atoms. The van der Waals surface area contributed by atoms with Crippen LogP contribution >= 0.6 is 28.1 Å². The van der Waals surface area contributed by atoms with Crippen LogP contribution in [0.25, 0.3) is 11.2 Å². The van der Waals surface area contributed by atoms with E-state index in [2.05, 4.69) is 43.5 Å². The van der Waals surface area contributed by atoms with Gasteiger partial charge in [-0.15, -0.1) is 0 Å². The number of aromatic nitrogens is 3. The molecule has 102 valence electrons. The van der Waals surface area contributed by atoms with E-state index in [9.17, 15) is 0 Å². The summed E-state index contributed by atoms with van der Waals surface area (Å²) in [5.41, 5.74) is 2.03. The molecule has 2 aromatic heterocycles. The number of aromatic amines is 1. The molecule has 2 unspecified atom stereocenters. The summed E-state index contributed by atoms with van der Waals surface area (Å²) in [6, 6.07) is 2.56. The lowest BCUT2D eigenvalue weighted by atomic mass is 9.83. The standard InChI is InChI=1S/C14H18BrN3S/c1-2-9-5-3-4-6-12(9)18-13-11(17-14(18)19)7-10(15)8-16-13/h7-9,12H,2-6H2,1H3,(H,17,19). The molecule has 2 heterocycles. The number of H-pyrrole nitrogens is 1. The quantitative estimate of drug-likeness (QED) is 0.781. The Labute approximate surface area is 126 Å². The van der Waals surface area contributed by atoms with E-state index in [1.54, 1.807) is 0 Å². The maximum Gasteiger partial charge on any atom is 0.179 e. The van der Waals surface area contributed by atoms with Crippen molar-refractivity contribution in [2.75, 3.05) is 0 Å². The Kier molecular flexibility index (Phi) is 3.76. The van der Waals surface area contributed by atoms with E-state index in [0.29, 0.717) is 6.04 Å². The van der Waals surface area contributed by atoms with E-state index >= 15 is 0 Å². The van der Waals surface area contributed by atoms with Gasteiger partial charge in [0.15, 0.2) is 10.4 Å². The van der Waals surface area contributed by atoms with Gasteiger partial charge in [-0.1, -0.05) is 26.2 Å². The molecule has 5 heteroatoms. The Bertz CT molecular complexity index is 646. The van der Waals surface area contributed by atoms with Crippen molar-refractivity contribution in [3.8, 4) is 0 Å². The fourth-order valence-electron chi connectivity index (χ4n) is 3.30. The van der Waals surface area contributed by atoms with E-state index in [1.165, 1.54) is 32.1 Å². The maximum absolute atomic E-state index is 5.53. The van der Waals surface area contributed by atoms with Crippen molar-refractivity contribution < 1.29 is 0 Å². The van der Waals surface area contributed by atoms with Crippen LogP contribution in [0.5, 0.6) is 0 Å². The highest BCUT2D eigenvalue weighted by Crippen LogP contribution is 2.37. The lowest BCUT2D eigenvalue weighted by Crippen LogP contribution is -2.23. The number of hydrogen-bond donors (Lipinski definition) is 1. The zero-order valence-electron chi connectivity index (χ0n) is 11.0. The molecule has 0 aliphatic heterocycles. The molecular formula is C14H18BrN3S. The van der Waals surface area contributed by atoms with Crippen molar-refractivity contribution in [1.82, 2.24) is 14.5 Å². The second-order valence-electron chi connectivity index (χ2n) is 5.34. The molecule has 19 heavy (non-hydrogen) atoms. The monoisotopic (exact) mass is 339 g/mol. The highest BCUT2D eigenvalue weighted by atomic mass is 79.9. The largest absolute Gasteiger partial charge is 0.329 e. The molecule has 0 aromatic carbocycles. The van der Waals surface area contributed by atoms with Crippen molar-refractivity contribution >= 4 is 39.3 Å². The Morgan fingerprint density at radius 1 is 1.47 bits per heavy atom. The van der Waals surface area contributed by atoms with Gasteiger partial charge in [0, 0.05) is 16.7 Å². The fraction of sp³-hybridized carbons (Fsp3) is 0.571. The maximum atomic E-state index is 5.53. The smallest absolute Gasteiger partial charge is 0.179 e. The number of rotatable bonds is 2. The highest BCUT2D eigenvalue weighted by molar-refractivity contribution is 9.10. The van der Waals surface area contributed by atoms with Crippen molar-refractivity contribution in [1.29, 1.82) is 0 Å². The molecule has 2 atom stereocenters. The first-order valence-electron chi connectivity index (χ1n) is 6.96. The minimum atomic E-state index is 0.508. The number of nitrogens with one attached hydrogen (secondary N) is 1. The van der Waals surface area contributed by atoms with Crippen LogP contribution < -0.4 is 0 Å². The predicted molar refractivity (Wildman–Crippen MR) is 83.9 cm³/mol. The van der Waals surface area contributed by atoms with Crippen LogP contribution in [-0.2, 0) is 0 Å². The first kappa shape index (κ1) is 13.3. The van der Waals surface area contributed by atoms with Gasteiger partial charge in [-0.25, -0.2) is 4.98 Å². The lowest BCUT2D eigenvalue weighted by Gasteiger charge is -2.32. The van der Waals surface area contributed by atoms with Gasteiger partial charge in [0.2, 0.25) is 0 Å². The number of fused-ring (bicyclic) bond motifs is 1. The third kappa shape index (κ3) is 2.38. The minimum Gasteiger partial charge on any atom is -0.329 e. The van der Waals surface area contributed by atoms with Gasteiger partial charge in [-0.05, 0) is 53.0 Å². The average molecular weight is 340 g/mol. The molecule has 0 bridgehead atoms. The number of halogens is 1. The minimum absolute atomic E-state index is 0.508. The Balaban J connectivity index is 2.13. The molecule has 1 saturated carbocycles. The van der Waals surface area contributed by atoms with Crippen molar-refractivity contribution in [3.05, 3.63) is 21.5 Å². The third-order valence-corrected chi connectivity index (χ3v) is 4.98. The van der Waals surface area contributed by atoms with E-state index in [0.717, 1.165) is 26.3 Å². The highest BCUT2D eigenvalue weighted by Gasteiger charge is 2.27. The van der Waals surface area contributed by atoms with Gasteiger partial charge in [0.05, 0.1) is 5.52 Å². The zero-order valence-corrected chi connectivity index (χ0v) is 13.4. The van der Waals surface area contributed by atoms with Crippen LogP contribution in [0, 0.1) is 10.7 Å². The van der Waals surface area contributed by atoms with E-state index in [4.69, 9.17) is 12.2 Å². The Morgan fingerprint density at radius 3 is 3.05 bits per heavy atom. The van der Waals surface area contributed by atoms with Crippen molar-refractivity contribution in [3.63, 3.8) is 0 Å². The Hall–Kier alpha value is -0.680. The van der Waals surface area contributed by atoms with Crippen LogP contribution in [0.15, 0.2) is 16.7 Å². The van der Waals surface area contributed by atoms with Crippen LogP contribution in [0.3, 0.4) is 0 Å². The SMILES string of the molecule is CCC1CCCCC1n1c(=S)[nH]c2cc(Br)cnc21. The molecule has 0 radical (unpaired) electrons. The number of hydrogen-bond acceptors (Lipinski definition) is 2. The molecule has 1 fully saturated rings. The van der Waals surface area contributed by atoms with E-state index < -0.39 is 0 Å². The number of pyridine rings is 1. The van der Waals surface area contributed by atoms with Crippen LogP contribution in [0.1, 0.15) is 45.1 Å². The normalized spacial score (nSPS) is 23.9. The first-order chi connectivity index (χ1) is 9.20. The third-order valence-electron chi connectivity index (χ3n) is 4.25. The molecule has 3 rings (SSSR count). The molecule has 0 saturated heterocycles. The molecular weight excluding hydrogens is 322 g/mol. The Morgan fingerprint density at radius 2 is 2.26 bits per heavy atom. The number of nitrogens with zero attached hydrogens (tertiary/aromatic N) is 2. The zero-order chi connectivity index (χ0) is 13.4. The molecule has 0 amide bonds. The average Bonchev–Trinajstić information content (AvgIpc) is 2.73. The summed E-state index contributed by atoms with van der Waals surface area (Å²) >= 11 is 8.99. The molecule has 2 aromatic rings. The van der Waals surface area contributed by atoms with Crippen molar-refractivity contribution in [2.45, 2.75) is 45.1 Å². The summed E-state index contributed by atoms with van der Waals surface area (Å²) in [4.78, 5) is 7.86. The van der Waals surface area contributed by atoms with E-state index in [1.807, 2.05) is 6.20 Å². The van der Waals surface area contributed by atoms with Gasteiger partial charge in [0.1, 0.15) is 0 Å². The van der Waals surface area contributed by atoms with Crippen LogP contribution in [0.2, 0.25) is 0 Å². The predicted octanol–water partition coefficient (Wildman–Crippen LogP) is 5.00. The molecule has 1 aliphatic carbocycles. The van der Waals surface area contributed by atoms with Crippen LogP contribution in [-0.4, -0.2) is 14.5 Å². The summed E-state index contributed by atoms with van der Waals surface area (Å²) in [5, 5.41) is 0. The van der Waals surface area contributed by atoms with Gasteiger partial charge < -0.3 is 4.98 Å². The van der Waals surface area contributed by atoms with Crippen molar-refractivity contribution in [2.24, 2.45) is 5.92 Å². The summed E-state index contributed by atoms with van der Waals surface area (Å²) in [6.45, 7) is 2.28. The van der Waals surface area contributed by atoms with Gasteiger partial charge in [-0.2, -0.15) is 0 Å². The van der Waals surface area contributed by atoms with E-state index in [-0.39, 0.29) is 0 Å². The summed E-state index contributed by atoms with van der Waals surface area (Å²) < 4.78 is 4.05. The topological polar surface area (TPSA) is 33.6 Å². The number of imidazole rings is 1. The fourth-order valence-corrected chi connectivity index (χ4v) is 3.96. The second-order valence-corrected chi connectivity index (χ2v) is 6.65. The lowest BCUT2D eigenvalue weighted by molar-refractivity contribution is 0.234. The second kappa shape index (κ2) is 5.37. The van der Waals surface area contributed by atoms with Gasteiger partial charge in [0.25, 0.3) is 0 Å².